The minimum absolute atomic E-state index is 0. The van der Waals surface area contributed by atoms with Crippen LogP contribution in [0.4, 0.5) is 0 Å². The first-order valence-electron chi connectivity index (χ1n) is 7.83. The van der Waals surface area contributed by atoms with Gasteiger partial charge in [-0.25, -0.2) is 14.7 Å². The minimum Gasteiger partial charge on any atom is -0.370 e. The number of nitrogens with two attached hydrogens (primary N) is 1. The summed E-state index contributed by atoms with van der Waals surface area (Å²) >= 11 is 0. The molecule has 3 rings (SSSR count). The molecule has 1 aliphatic rings. The predicted molar refractivity (Wildman–Crippen MR) is 102 cm³/mol. The number of aromatic nitrogens is 3. The molecule has 0 saturated heterocycles. The lowest BCUT2D eigenvalue weighted by atomic mass is 9.96. The highest BCUT2D eigenvalue weighted by atomic mass is 127. The van der Waals surface area contributed by atoms with Gasteiger partial charge in [-0.05, 0) is 30.5 Å². The molecule has 124 valence electrons. The number of hydrogen-bond acceptors (Lipinski definition) is 3. The molecule has 2 heterocycles. The Balaban J connectivity index is 0.00000192. The fourth-order valence-electron chi connectivity index (χ4n) is 2.73. The zero-order valence-electron chi connectivity index (χ0n) is 13.1. The van der Waals surface area contributed by atoms with Gasteiger partial charge in [0.2, 0.25) is 0 Å². The molecule has 6 nitrogen and oxygen atoms in total. The standard InChI is InChI=1S/C16H22N6.HI/c17-16(21-14-5-2-1-3-6-14)19-12-13-7-8-15(18-11-13)22-10-4-9-20-22;/h4,7-11,14H,1-3,5-6,12H2,(H3,17,19,21);1H. The molecule has 7 heteroatoms. The van der Waals surface area contributed by atoms with Crippen LogP contribution in [0.15, 0.2) is 41.8 Å². The molecule has 0 spiro atoms. The first-order chi connectivity index (χ1) is 10.8. The van der Waals surface area contributed by atoms with Gasteiger partial charge in [0.1, 0.15) is 0 Å². The molecule has 1 aliphatic carbocycles. The topological polar surface area (TPSA) is 81.1 Å². The van der Waals surface area contributed by atoms with Gasteiger partial charge in [0.25, 0.3) is 0 Å². The fraction of sp³-hybridized carbons (Fsp3) is 0.438. The number of rotatable bonds is 4. The Hall–Kier alpha value is -1.64. The van der Waals surface area contributed by atoms with E-state index >= 15 is 0 Å². The normalized spacial score (nSPS) is 15.9. The Morgan fingerprint density at radius 2 is 2.13 bits per heavy atom. The highest BCUT2D eigenvalue weighted by molar-refractivity contribution is 14.0. The van der Waals surface area contributed by atoms with Crippen LogP contribution in [-0.4, -0.2) is 26.8 Å². The largest absolute Gasteiger partial charge is 0.370 e. The van der Waals surface area contributed by atoms with Gasteiger partial charge in [-0.15, -0.1) is 24.0 Å². The Labute approximate surface area is 153 Å². The van der Waals surface area contributed by atoms with E-state index in [9.17, 15) is 0 Å². The SMILES string of the molecule is I.NC(=NCc1ccc(-n2cccn2)nc1)NC1CCCCC1. The molecule has 1 fully saturated rings. The van der Waals surface area contributed by atoms with Crippen LogP contribution in [0.1, 0.15) is 37.7 Å². The number of hydrogen-bond donors (Lipinski definition) is 2. The van der Waals surface area contributed by atoms with Crippen LogP contribution in [0.3, 0.4) is 0 Å². The molecule has 0 aliphatic heterocycles. The first kappa shape index (κ1) is 17.7. The second-order valence-corrected chi connectivity index (χ2v) is 5.66. The molecular weight excluding hydrogens is 403 g/mol. The van der Waals surface area contributed by atoms with Crippen molar-refractivity contribution in [3.63, 3.8) is 0 Å². The molecule has 1 saturated carbocycles. The average molecular weight is 426 g/mol. The summed E-state index contributed by atoms with van der Waals surface area (Å²) in [5, 5.41) is 7.47. The quantitative estimate of drug-likeness (QED) is 0.448. The van der Waals surface area contributed by atoms with Crippen molar-refractivity contribution < 1.29 is 0 Å². The summed E-state index contributed by atoms with van der Waals surface area (Å²) in [6.45, 7) is 0.540. The van der Waals surface area contributed by atoms with Crippen LogP contribution in [-0.2, 0) is 6.54 Å². The van der Waals surface area contributed by atoms with E-state index < -0.39 is 0 Å². The molecule has 2 aromatic heterocycles. The van der Waals surface area contributed by atoms with E-state index in [0.29, 0.717) is 18.5 Å². The third kappa shape index (κ3) is 5.19. The van der Waals surface area contributed by atoms with Crippen molar-refractivity contribution in [2.24, 2.45) is 10.7 Å². The molecule has 2 aromatic rings. The van der Waals surface area contributed by atoms with E-state index in [1.807, 2.05) is 30.6 Å². The number of aliphatic imine (C=N–C) groups is 1. The lowest BCUT2D eigenvalue weighted by molar-refractivity contribution is 0.412. The maximum atomic E-state index is 5.96. The summed E-state index contributed by atoms with van der Waals surface area (Å²) in [5.74, 6) is 1.33. The van der Waals surface area contributed by atoms with E-state index in [0.717, 1.165) is 11.4 Å². The molecule has 23 heavy (non-hydrogen) atoms. The second-order valence-electron chi connectivity index (χ2n) is 5.66. The number of halogens is 1. The molecule has 0 atom stereocenters. The maximum Gasteiger partial charge on any atom is 0.189 e. The van der Waals surface area contributed by atoms with Gasteiger partial charge in [0, 0.05) is 24.6 Å². The third-order valence-electron chi connectivity index (χ3n) is 3.94. The van der Waals surface area contributed by atoms with Gasteiger partial charge in [0.15, 0.2) is 11.8 Å². The van der Waals surface area contributed by atoms with Crippen molar-refractivity contribution in [1.82, 2.24) is 20.1 Å². The van der Waals surface area contributed by atoms with Gasteiger partial charge in [-0.3, -0.25) is 0 Å². The summed E-state index contributed by atoms with van der Waals surface area (Å²) in [4.78, 5) is 8.79. The number of pyridine rings is 1. The Morgan fingerprint density at radius 1 is 1.30 bits per heavy atom. The summed E-state index contributed by atoms with van der Waals surface area (Å²) < 4.78 is 1.73. The van der Waals surface area contributed by atoms with E-state index in [2.05, 4.69) is 20.4 Å². The van der Waals surface area contributed by atoms with Crippen molar-refractivity contribution >= 4 is 29.9 Å². The van der Waals surface area contributed by atoms with Crippen molar-refractivity contribution in [1.29, 1.82) is 0 Å². The first-order valence-corrected chi connectivity index (χ1v) is 7.83. The average Bonchev–Trinajstić information content (AvgIpc) is 3.09. The third-order valence-corrected chi connectivity index (χ3v) is 3.94. The highest BCUT2D eigenvalue weighted by Gasteiger charge is 2.13. The van der Waals surface area contributed by atoms with E-state index in [1.54, 1.807) is 10.9 Å². The van der Waals surface area contributed by atoms with Crippen LogP contribution >= 0.6 is 24.0 Å². The molecule has 0 unspecified atom stereocenters. The summed E-state index contributed by atoms with van der Waals surface area (Å²) in [6.07, 6.45) is 11.7. The summed E-state index contributed by atoms with van der Waals surface area (Å²) in [6, 6.07) is 6.29. The zero-order chi connectivity index (χ0) is 15.2. The van der Waals surface area contributed by atoms with Crippen LogP contribution in [0.2, 0.25) is 0 Å². The smallest absolute Gasteiger partial charge is 0.189 e. The minimum atomic E-state index is 0. The molecule has 0 amide bonds. The van der Waals surface area contributed by atoms with Crippen molar-refractivity contribution in [3.8, 4) is 5.82 Å². The lowest BCUT2D eigenvalue weighted by Gasteiger charge is -2.23. The molecule has 0 aromatic carbocycles. The molecular formula is C16H23IN6. The van der Waals surface area contributed by atoms with Crippen molar-refractivity contribution in [2.75, 3.05) is 0 Å². The van der Waals surface area contributed by atoms with Crippen molar-refractivity contribution in [3.05, 3.63) is 42.4 Å². The highest BCUT2D eigenvalue weighted by Crippen LogP contribution is 2.17. The van der Waals surface area contributed by atoms with E-state index in [-0.39, 0.29) is 24.0 Å². The van der Waals surface area contributed by atoms with E-state index in [1.165, 1.54) is 32.1 Å². The Kier molecular flexibility index (Phi) is 6.82. The Morgan fingerprint density at radius 3 is 2.78 bits per heavy atom. The predicted octanol–water partition coefficient (Wildman–Crippen LogP) is 2.62. The van der Waals surface area contributed by atoms with Gasteiger partial charge < -0.3 is 11.1 Å². The summed E-state index contributed by atoms with van der Waals surface area (Å²) in [5.41, 5.74) is 7.00. The van der Waals surface area contributed by atoms with Crippen LogP contribution in [0.5, 0.6) is 0 Å². The van der Waals surface area contributed by atoms with Crippen LogP contribution in [0, 0.1) is 0 Å². The molecule has 0 radical (unpaired) electrons. The Bertz CT molecular complexity index is 602. The van der Waals surface area contributed by atoms with Crippen molar-refractivity contribution in [2.45, 2.75) is 44.7 Å². The van der Waals surface area contributed by atoms with Gasteiger partial charge in [-0.2, -0.15) is 5.10 Å². The second kappa shape index (κ2) is 8.85. The number of nitrogens with one attached hydrogen (secondary N) is 1. The maximum absolute atomic E-state index is 5.96. The van der Waals surface area contributed by atoms with Gasteiger partial charge in [0.05, 0.1) is 6.54 Å². The lowest BCUT2D eigenvalue weighted by Crippen LogP contribution is -2.41. The monoisotopic (exact) mass is 426 g/mol. The van der Waals surface area contributed by atoms with Gasteiger partial charge in [-0.1, -0.05) is 25.3 Å². The van der Waals surface area contributed by atoms with Gasteiger partial charge >= 0.3 is 0 Å². The van der Waals surface area contributed by atoms with Crippen LogP contribution < -0.4 is 11.1 Å². The van der Waals surface area contributed by atoms with E-state index in [4.69, 9.17) is 5.73 Å². The van der Waals surface area contributed by atoms with Crippen LogP contribution in [0.25, 0.3) is 5.82 Å². The summed E-state index contributed by atoms with van der Waals surface area (Å²) in [7, 11) is 0. The molecule has 3 N–H and O–H groups in total. The zero-order valence-corrected chi connectivity index (χ0v) is 15.4. The molecule has 0 bridgehead atoms. The number of guanidine groups is 1. The number of nitrogens with zero attached hydrogens (tertiary/aromatic N) is 4. The fourth-order valence-corrected chi connectivity index (χ4v) is 2.73.